The van der Waals surface area contributed by atoms with Gasteiger partial charge in [-0.2, -0.15) is 4.31 Å². The maximum atomic E-state index is 13.1. The molecule has 1 aromatic carbocycles. The number of ether oxygens (including phenoxy) is 1. The first-order valence-corrected chi connectivity index (χ1v) is 12.7. The lowest BCUT2D eigenvalue weighted by Crippen LogP contribution is -2.32. The highest BCUT2D eigenvalue weighted by molar-refractivity contribution is 8.01. The Kier molecular flexibility index (Phi) is 7.49. The molecule has 1 N–H and O–H groups in total. The fourth-order valence-electron chi connectivity index (χ4n) is 3.06. The number of rotatable bonds is 7. The molecule has 1 fully saturated rings. The molecular weight excluding hydrogens is 432 g/mol. The van der Waals surface area contributed by atoms with Crippen LogP contribution in [0.2, 0.25) is 0 Å². The number of carbonyl (C=O) groups excluding carboxylic acids is 1. The van der Waals surface area contributed by atoms with Gasteiger partial charge in [-0.15, -0.1) is 10.2 Å². The third-order valence-corrected chi connectivity index (χ3v) is 8.26. The van der Waals surface area contributed by atoms with E-state index < -0.39 is 15.9 Å². The third kappa shape index (κ3) is 5.27. The van der Waals surface area contributed by atoms with Crippen molar-refractivity contribution in [2.75, 3.05) is 31.3 Å². The Morgan fingerprint density at radius 1 is 1.24 bits per heavy atom. The molecule has 0 radical (unpaired) electrons. The van der Waals surface area contributed by atoms with Gasteiger partial charge in [-0.1, -0.05) is 42.9 Å². The van der Waals surface area contributed by atoms with Crippen LogP contribution < -0.4 is 10.1 Å². The predicted molar refractivity (Wildman–Crippen MR) is 114 cm³/mol. The molecule has 158 valence electrons. The molecule has 0 bridgehead atoms. The number of aromatic nitrogens is 2. The Bertz CT molecular complexity index is 954. The summed E-state index contributed by atoms with van der Waals surface area (Å²) in [4.78, 5) is 12.9. The standard InChI is InChI=1S/C18H24N4O4S3/c1-3-27-18-21-20-17(28-18)19-16(23)14-12-13(8-9-15(14)26-2)29(24,25)22-10-6-4-5-7-11-22/h8-9,12H,3-7,10-11H2,1-2H3,(H,19,20,23). The first-order valence-electron chi connectivity index (χ1n) is 9.41. The second kappa shape index (κ2) is 9.88. The highest BCUT2D eigenvalue weighted by Gasteiger charge is 2.27. The van der Waals surface area contributed by atoms with Gasteiger partial charge in [0, 0.05) is 13.1 Å². The molecule has 1 amide bonds. The number of amides is 1. The van der Waals surface area contributed by atoms with Crippen LogP contribution in [0.5, 0.6) is 5.75 Å². The van der Waals surface area contributed by atoms with E-state index in [0.717, 1.165) is 35.8 Å². The molecule has 0 unspecified atom stereocenters. The van der Waals surface area contributed by atoms with E-state index in [0.29, 0.717) is 24.0 Å². The normalized spacial score (nSPS) is 15.7. The Morgan fingerprint density at radius 3 is 2.62 bits per heavy atom. The first-order chi connectivity index (χ1) is 14.0. The fraction of sp³-hybridized carbons (Fsp3) is 0.500. The lowest BCUT2D eigenvalue weighted by atomic mass is 10.2. The topological polar surface area (TPSA) is 101 Å². The second-order valence-corrected chi connectivity index (χ2v) is 10.9. The summed E-state index contributed by atoms with van der Waals surface area (Å²) in [6.07, 6.45) is 3.75. The minimum Gasteiger partial charge on any atom is -0.496 e. The Hall–Kier alpha value is -1.69. The summed E-state index contributed by atoms with van der Waals surface area (Å²) in [6.45, 7) is 3.00. The van der Waals surface area contributed by atoms with Crippen molar-refractivity contribution in [3.8, 4) is 5.75 Å². The van der Waals surface area contributed by atoms with E-state index in [1.54, 1.807) is 0 Å². The van der Waals surface area contributed by atoms with Crippen LogP contribution in [0.15, 0.2) is 27.4 Å². The molecule has 2 aromatic rings. The number of methoxy groups -OCH3 is 1. The molecule has 1 aromatic heterocycles. The van der Waals surface area contributed by atoms with Gasteiger partial charge in [0.05, 0.1) is 17.6 Å². The van der Waals surface area contributed by atoms with E-state index in [-0.39, 0.29) is 10.5 Å². The fourth-order valence-corrected chi connectivity index (χ4v) is 6.25. The van der Waals surface area contributed by atoms with Crippen LogP contribution in [0.1, 0.15) is 43.0 Å². The van der Waals surface area contributed by atoms with E-state index in [9.17, 15) is 13.2 Å². The molecule has 0 saturated carbocycles. The Balaban J connectivity index is 1.86. The zero-order chi connectivity index (χ0) is 20.9. The van der Waals surface area contributed by atoms with Crippen LogP contribution in [0, 0.1) is 0 Å². The minimum absolute atomic E-state index is 0.0878. The van der Waals surface area contributed by atoms with Crippen molar-refractivity contribution in [1.29, 1.82) is 0 Å². The summed E-state index contributed by atoms with van der Waals surface area (Å²) >= 11 is 2.80. The summed E-state index contributed by atoms with van der Waals surface area (Å²) in [5, 5.41) is 11.0. The van der Waals surface area contributed by atoms with E-state index in [1.807, 2.05) is 6.92 Å². The van der Waals surface area contributed by atoms with Crippen LogP contribution in [0.4, 0.5) is 5.13 Å². The number of anilines is 1. The van der Waals surface area contributed by atoms with Crippen molar-refractivity contribution in [3.05, 3.63) is 23.8 Å². The van der Waals surface area contributed by atoms with Gasteiger partial charge in [0.2, 0.25) is 15.2 Å². The second-order valence-electron chi connectivity index (χ2n) is 6.44. The largest absolute Gasteiger partial charge is 0.496 e. The maximum Gasteiger partial charge on any atom is 0.261 e. The lowest BCUT2D eigenvalue weighted by Gasteiger charge is -2.20. The van der Waals surface area contributed by atoms with Gasteiger partial charge in [-0.25, -0.2) is 8.42 Å². The molecule has 1 aliphatic rings. The number of hydrogen-bond acceptors (Lipinski definition) is 8. The number of hydrogen-bond donors (Lipinski definition) is 1. The number of nitrogens with one attached hydrogen (secondary N) is 1. The van der Waals surface area contributed by atoms with Crippen molar-refractivity contribution in [2.45, 2.75) is 41.8 Å². The van der Waals surface area contributed by atoms with E-state index >= 15 is 0 Å². The average molecular weight is 457 g/mol. The monoisotopic (exact) mass is 456 g/mol. The molecular formula is C18H24N4O4S3. The first kappa shape index (κ1) is 22.0. The molecule has 0 spiro atoms. The number of thioether (sulfide) groups is 1. The third-order valence-electron chi connectivity index (χ3n) is 4.51. The predicted octanol–water partition coefficient (Wildman–Crippen LogP) is 3.48. The quantitative estimate of drug-likeness (QED) is 0.503. The number of sulfonamides is 1. The van der Waals surface area contributed by atoms with E-state index in [1.165, 1.54) is 52.7 Å². The van der Waals surface area contributed by atoms with Gasteiger partial charge in [0.25, 0.3) is 5.91 Å². The van der Waals surface area contributed by atoms with Gasteiger partial charge in [-0.05, 0) is 36.8 Å². The van der Waals surface area contributed by atoms with Crippen LogP contribution in [0.25, 0.3) is 0 Å². The molecule has 0 aliphatic carbocycles. The molecule has 3 rings (SSSR count). The van der Waals surface area contributed by atoms with Gasteiger partial charge in [0.15, 0.2) is 4.34 Å². The molecule has 2 heterocycles. The van der Waals surface area contributed by atoms with Crippen LogP contribution in [0.3, 0.4) is 0 Å². The molecule has 1 saturated heterocycles. The van der Waals surface area contributed by atoms with Crippen LogP contribution >= 0.6 is 23.1 Å². The minimum atomic E-state index is -3.67. The van der Waals surface area contributed by atoms with Crippen LogP contribution in [-0.4, -0.2) is 54.8 Å². The van der Waals surface area contributed by atoms with Gasteiger partial charge < -0.3 is 4.74 Å². The summed E-state index contributed by atoms with van der Waals surface area (Å²) in [5.74, 6) is 0.663. The van der Waals surface area contributed by atoms with Crippen molar-refractivity contribution < 1.29 is 17.9 Å². The number of carbonyl (C=O) groups is 1. The number of benzene rings is 1. The summed E-state index contributed by atoms with van der Waals surface area (Å²) < 4.78 is 33.7. The summed E-state index contributed by atoms with van der Waals surface area (Å²) in [7, 11) is -2.23. The SMILES string of the molecule is CCSc1nnc(NC(=O)c2cc(S(=O)(=O)N3CCCCCC3)ccc2OC)s1. The molecule has 29 heavy (non-hydrogen) atoms. The number of nitrogens with zero attached hydrogens (tertiary/aromatic N) is 3. The summed E-state index contributed by atoms with van der Waals surface area (Å²) in [5.41, 5.74) is 0.142. The highest BCUT2D eigenvalue weighted by atomic mass is 32.2. The Morgan fingerprint density at radius 2 is 1.97 bits per heavy atom. The maximum absolute atomic E-state index is 13.1. The van der Waals surface area contributed by atoms with Gasteiger partial charge >= 0.3 is 0 Å². The zero-order valence-electron chi connectivity index (χ0n) is 16.4. The lowest BCUT2D eigenvalue weighted by molar-refractivity contribution is 0.102. The van der Waals surface area contributed by atoms with Gasteiger partial charge in [0.1, 0.15) is 5.75 Å². The average Bonchev–Trinajstić information content (AvgIpc) is 2.97. The Labute approximate surface area is 179 Å². The van der Waals surface area contributed by atoms with Crippen molar-refractivity contribution in [3.63, 3.8) is 0 Å². The summed E-state index contributed by atoms with van der Waals surface area (Å²) in [6, 6.07) is 4.37. The van der Waals surface area contributed by atoms with E-state index in [2.05, 4.69) is 15.5 Å². The highest BCUT2D eigenvalue weighted by Crippen LogP contribution is 2.29. The molecule has 11 heteroatoms. The smallest absolute Gasteiger partial charge is 0.261 e. The van der Waals surface area contributed by atoms with Crippen molar-refractivity contribution >= 4 is 44.2 Å². The molecule has 8 nitrogen and oxygen atoms in total. The van der Waals surface area contributed by atoms with Crippen molar-refractivity contribution in [2.24, 2.45) is 0 Å². The van der Waals surface area contributed by atoms with Crippen molar-refractivity contribution in [1.82, 2.24) is 14.5 Å². The zero-order valence-corrected chi connectivity index (χ0v) is 18.8. The molecule has 1 aliphatic heterocycles. The van der Waals surface area contributed by atoms with Crippen LogP contribution in [-0.2, 0) is 10.0 Å². The van der Waals surface area contributed by atoms with Gasteiger partial charge in [-0.3, -0.25) is 10.1 Å². The van der Waals surface area contributed by atoms with E-state index in [4.69, 9.17) is 4.74 Å². The molecule has 0 atom stereocenters.